The number of fused-ring (bicyclic) bond motifs is 3. The third-order valence-electron chi connectivity index (χ3n) is 7.52. The predicted molar refractivity (Wildman–Crippen MR) is 126 cm³/mol. The van der Waals surface area contributed by atoms with Gasteiger partial charge in [-0.15, -0.1) is 16.9 Å². The Morgan fingerprint density at radius 2 is 1.88 bits per heavy atom. The summed E-state index contributed by atoms with van der Waals surface area (Å²) in [5.74, 6) is 1.27. The molecule has 2 N–H and O–H groups in total. The molecular weight excluding hydrogens is 436 g/mol. The fourth-order valence-corrected chi connectivity index (χ4v) is 6.41. The van der Waals surface area contributed by atoms with Crippen LogP contribution in [0.4, 0.5) is 0 Å². The van der Waals surface area contributed by atoms with Crippen molar-refractivity contribution in [2.24, 2.45) is 23.5 Å². The third kappa shape index (κ3) is 5.09. The highest BCUT2D eigenvalue weighted by molar-refractivity contribution is 7.98. The van der Waals surface area contributed by atoms with E-state index in [2.05, 4.69) is 33.5 Å². The van der Waals surface area contributed by atoms with Crippen LogP contribution >= 0.6 is 11.8 Å². The molecule has 2 amide bonds. The van der Waals surface area contributed by atoms with Gasteiger partial charge in [0.2, 0.25) is 11.8 Å². The van der Waals surface area contributed by atoms with Gasteiger partial charge in [0.05, 0.1) is 18.2 Å². The van der Waals surface area contributed by atoms with Crippen molar-refractivity contribution in [3.8, 4) is 0 Å². The van der Waals surface area contributed by atoms with Crippen molar-refractivity contribution in [2.75, 3.05) is 26.2 Å². The van der Waals surface area contributed by atoms with Gasteiger partial charge in [-0.05, 0) is 50.3 Å². The second-order valence-corrected chi connectivity index (χ2v) is 10.6. The minimum absolute atomic E-state index is 0.0775. The van der Waals surface area contributed by atoms with Crippen molar-refractivity contribution in [1.82, 2.24) is 24.8 Å². The normalized spacial score (nSPS) is 27.6. The van der Waals surface area contributed by atoms with E-state index in [0.29, 0.717) is 37.9 Å². The number of hydrogen-bond donors (Lipinski definition) is 1. The van der Waals surface area contributed by atoms with Crippen LogP contribution in [0.1, 0.15) is 31.4 Å². The van der Waals surface area contributed by atoms with Gasteiger partial charge in [0, 0.05) is 48.4 Å². The molecule has 0 radical (unpaired) electrons. The van der Waals surface area contributed by atoms with Crippen molar-refractivity contribution in [1.29, 1.82) is 0 Å². The molecule has 4 aliphatic heterocycles. The molecule has 33 heavy (non-hydrogen) atoms. The number of nitrogens with zero attached hydrogens (tertiary/aromatic N) is 5. The summed E-state index contributed by atoms with van der Waals surface area (Å²) in [5.41, 5.74) is 6.44. The van der Waals surface area contributed by atoms with Gasteiger partial charge in [-0.25, -0.2) is 0 Å². The average Bonchev–Trinajstić information content (AvgIpc) is 3.30. The van der Waals surface area contributed by atoms with E-state index in [4.69, 9.17) is 5.73 Å². The summed E-state index contributed by atoms with van der Waals surface area (Å²) >= 11 is 1.77. The number of rotatable bonds is 7. The zero-order valence-electron chi connectivity index (χ0n) is 18.9. The van der Waals surface area contributed by atoms with Gasteiger partial charge >= 0.3 is 0 Å². The van der Waals surface area contributed by atoms with Gasteiger partial charge < -0.3 is 10.6 Å². The molecule has 6 rings (SSSR count). The third-order valence-corrected chi connectivity index (χ3v) is 8.56. The lowest BCUT2D eigenvalue weighted by Crippen LogP contribution is -2.59. The van der Waals surface area contributed by atoms with E-state index in [1.807, 2.05) is 27.8 Å². The predicted octanol–water partition coefficient (Wildman–Crippen LogP) is 2.00. The van der Waals surface area contributed by atoms with Gasteiger partial charge in [-0.1, -0.05) is 23.4 Å². The number of primary amides is 1. The van der Waals surface area contributed by atoms with Crippen LogP contribution in [0.15, 0.2) is 41.4 Å². The highest BCUT2D eigenvalue weighted by Crippen LogP contribution is 2.38. The number of thioether (sulfide) groups is 1. The first kappa shape index (κ1) is 22.4. The molecule has 1 aromatic carbocycles. The number of nitrogens with two attached hydrogens (primary N) is 1. The molecule has 0 aliphatic carbocycles. The average molecular weight is 469 g/mol. The number of hydrogen-bond acceptors (Lipinski definition) is 6. The summed E-state index contributed by atoms with van der Waals surface area (Å²) in [6, 6.07) is 10.7. The smallest absolute Gasteiger partial charge is 0.227 e. The highest BCUT2D eigenvalue weighted by atomic mass is 32.2. The summed E-state index contributed by atoms with van der Waals surface area (Å²) < 4.78 is 1.97. The molecule has 4 aliphatic rings. The maximum atomic E-state index is 13.2. The van der Waals surface area contributed by atoms with Crippen molar-refractivity contribution in [2.45, 2.75) is 48.9 Å². The zero-order chi connectivity index (χ0) is 22.8. The molecule has 4 saturated heterocycles. The number of piperidine rings is 4. The Balaban J connectivity index is 1.13. The van der Waals surface area contributed by atoms with Gasteiger partial charge in [-0.3, -0.25) is 19.2 Å². The molecule has 0 saturated carbocycles. The van der Waals surface area contributed by atoms with E-state index in [1.165, 1.54) is 4.90 Å². The molecule has 0 spiro atoms. The topological polar surface area (TPSA) is 97.3 Å². The van der Waals surface area contributed by atoms with E-state index in [0.717, 1.165) is 43.9 Å². The second-order valence-electron chi connectivity index (χ2n) is 9.58. The lowest BCUT2D eigenvalue weighted by atomic mass is 9.74. The summed E-state index contributed by atoms with van der Waals surface area (Å²) in [5, 5.41) is 8.73. The van der Waals surface area contributed by atoms with Gasteiger partial charge in [0.25, 0.3) is 0 Å². The van der Waals surface area contributed by atoms with Crippen LogP contribution in [-0.2, 0) is 21.9 Å². The number of benzene rings is 1. The van der Waals surface area contributed by atoms with Crippen LogP contribution in [0.25, 0.3) is 0 Å². The molecule has 2 bridgehead atoms. The first-order valence-electron chi connectivity index (χ1n) is 12.0. The maximum Gasteiger partial charge on any atom is 0.227 e. The fraction of sp³-hybridized carbons (Fsp3) is 0.583. The Labute approximate surface area is 198 Å². The Hall–Kier alpha value is -2.39. The van der Waals surface area contributed by atoms with E-state index in [9.17, 15) is 9.59 Å². The lowest BCUT2D eigenvalue weighted by molar-refractivity contribution is -0.146. The molecule has 1 aromatic heterocycles. The quantitative estimate of drug-likeness (QED) is 0.625. The molecule has 5 heterocycles. The Bertz CT molecular complexity index is 974. The highest BCUT2D eigenvalue weighted by Gasteiger charge is 2.45. The number of carbonyl (C=O) groups excluding carboxylic acids is 2. The molecule has 4 atom stereocenters. The number of carbonyl (C=O) groups is 2. The van der Waals surface area contributed by atoms with Gasteiger partial charge in [-0.2, -0.15) is 0 Å². The van der Waals surface area contributed by atoms with Crippen LogP contribution in [0, 0.1) is 17.8 Å². The Morgan fingerprint density at radius 1 is 1.09 bits per heavy atom. The Morgan fingerprint density at radius 3 is 2.58 bits per heavy atom. The fourth-order valence-electron chi connectivity index (χ4n) is 5.61. The van der Waals surface area contributed by atoms with Crippen LogP contribution in [0.2, 0.25) is 0 Å². The molecule has 8 nitrogen and oxygen atoms in total. The molecular formula is C24H32N6O2S. The first-order chi connectivity index (χ1) is 16.1. The molecule has 9 heteroatoms. The standard InChI is InChI=1S/C24H32N6O2S/c25-23(31)17-6-9-28(10-7-17)24(32)22-15-29-11-8-18(22)12-20(29)14-30-13-19(26-27-30)16-33-21-4-2-1-3-5-21/h1-5,13,17-18,20,22H,6-12,14-16H2,(H2,25,31). The molecule has 4 fully saturated rings. The summed E-state index contributed by atoms with van der Waals surface area (Å²) in [7, 11) is 0. The maximum absolute atomic E-state index is 13.2. The summed E-state index contributed by atoms with van der Waals surface area (Å²) in [6.45, 7) is 4.01. The van der Waals surface area contributed by atoms with Crippen LogP contribution in [0.5, 0.6) is 0 Å². The largest absolute Gasteiger partial charge is 0.369 e. The van der Waals surface area contributed by atoms with Crippen LogP contribution in [-0.4, -0.2) is 68.8 Å². The molecule has 176 valence electrons. The van der Waals surface area contributed by atoms with E-state index >= 15 is 0 Å². The number of aromatic nitrogens is 3. The number of amides is 2. The summed E-state index contributed by atoms with van der Waals surface area (Å²) in [6.07, 6.45) is 5.57. The monoisotopic (exact) mass is 468 g/mol. The van der Waals surface area contributed by atoms with Crippen LogP contribution in [0.3, 0.4) is 0 Å². The molecule has 4 unspecified atom stereocenters. The van der Waals surface area contributed by atoms with E-state index < -0.39 is 0 Å². The lowest BCUT2D eigenvalue weighted by Gasteiger charge is -2.50. The Kier molecular flexibility index (Phi) is 6.69. The van der Waals surface area contributed by atoms with Crippen molar-refractivity contribution in [3.05, 3.63) is 42.2 Å². The number of likely N-dealkylation sites (tertiary alicyclic amines) is 1. The SMILES string of the molecule is NC(=O)C1CCN(C(=O)C2CN3CCC2CC3Cn2cc(CSc3ccccc3)nn2)CC1. The van der Waals surface area contributed by atoms with Gasteiger partial charge in [0.1, 0.15) is 0 Å². The minimum atomic E-state index is -0.234. The van der Waals surface area contributed by atoms with Crippen LogP contribution < -0.4 is 5.73 Å². The zero-order valence-corrected chi connectivity index (χ0v) is 19.7. The first-order valence-corrected chi connectivity index (χ1v) is 12.9. The second kappa shape index (κ2) is 9.85. The van der Waals surface area contributed by atoms with E-state index in [-0.39, 0.29) is 23.7 Å². The summed E-state index contributed by atoms with van der Waals surface area (Å²) in [4.78, 5) is 30.3. The van der Waals surface area contributed by atoms with Crippen molar-refractivity contribution in [3.63, 3.8) is 0 Å². The van der Waals surface area contributed by atoms with Crippen molar-refractivity contribution >= 4 is 23.6 Å². The molecule has 2 aromatic rings. The van der Waals surface area contributed by atoms with Crippen molar-refractivity contribution < 1.29 is 9.59 Å². The van der Waals surface area contributed by atoms with E-state index in [1.54, 1.807) is 11.8 Å². The minimum Gasteiger partial charge on any atom is -0.369 e. The van der Waals surface area contributed by atoms with Gasteiger partial charge in [0.15, 0.2) is 0 Å².